The van der Waals surface area contributed by atoms with E-state index in [0.29, 0.717) is 18.8 Å². The molecule has 1 aromatic heterocycles. The zero-order valence-electron chi connectivity index (χ0n) is 14.3. The summed E-state index contributed by atoms with van der Waals surface area (Å²) in [6.07, 6.45) is 3.01. The Morgan fingerprint density at radius 1 is 1.27 bits per heavy atom. The number of carbonyl (C=O) groups excluding carboxylic acids is 1. The van der Waals surface area contributed by atoms with E-state index in [0.717, 1.165) is 22.4 Å². The van der Waals surface area contributed by atoms with Crippen LogP contribution in [0.1, 0.15) is 23.0 Å². The fraction of sp³-hybridized carbons (Fsp3) is 0.200. The first-order valence-electron chi connectivity index (χ1n) is 8.43. The smallest absolute Gasteiger partial charge is 0.272 e. The molecule has 26 heavy (non-hydrogen) atoms. The molecule has 0 radical (unpaired) electrons. The molecule has 0 aliphatic carbocycles. The third-order valence-corrected chi connectivity index (χ3v) is 4.56. The molecule has 1 aliphatic heterocycles. The van der Waals surface area contributed by atoms with Gasteiger partial charge in [0.05, 0.1) is 25.1 Å². The van der Waals surface area contributed by atoms with Gasteiger partial charge in [-0.15, -0.1) is 0 Å². The van der Waals surface area contributed by atoms with Gasteiger partial charge in [0.1, 0.15) is 23.9 Å². The second-order valence-corrected chi connectivity index (χ2v) is 6.39. The summed E-state index contributed by atoms with van der Waals surface area (Å²) in [5, 5.41) is 0. The van der Waals surface area contributed by atoms with Gasteiger partial charge in [0, 0.05) is 5.56 Å². The number of fused-ring (bicyclic) bond motifs is 1. The van der Waals surface area contributed by atoms with Crippen molar-refractivity contribution >= 4 is 5.91 Å². The zero-order chi connectivity index (χ0) is 18.1. The standard InChI is InChI=1S/C20H18FN3O2/c1-13-11-26-19-6-5-15(14-3-2-4-17(21)8-14)7-16(19)10-24(13)20(25)18-9-22-12-23-18/h2-9,12-13H,10-11H2,1H3,(H,22,23)/t13-/m0/s1. The molecule has 2 heterocycles. The SMILES string of the molecule is C[C@H]1COc2ccc(-c3cccc(F)c3)cc2CN1C(=O)c1cnc[nH]1. The maximum atomic E-state index is 13.5. The number of aromatic amines is 1. The first-order chi connectivity index (χ1) is 12.6. The minimum Gasteiger partial charge on any atom is -0.491 e. The lowest BCUT2D eigenvalue weighted by Crippen LogP contribution is -2.40. The van der Waals surface area contributed by atoms with Gasteiger partial charge in [0.25, 0.3) is 5.91 Å². The summed E-state index contributed by atoms with van der Waals surface area (Å²) in [6.45, 7) is 2.78. The highest BCUT2D eigenvalue weighted by atomic mass is 19.1. The first kappa shape index (κ1) is 16.3. The third kappa shape index (κ3) is 3.06. The van der Waals surface area contributed by atoms with Gasteiger partial charge >= 0.3 is 0 Å². The number of ether oxygens (including phenoxy) is 1. The summed E-state index contributed by atoms with van der Waals surface area (Å²) in [4.78, 5) is 21.3. The average Bonchev–Trinajstić information content (AvgIpc) is 3.13. The fourth-order valence-corrected chi connectivity index (χ4v) is 3.13. The predicted molar refractivity (Wildman–Crippen MR) is 95.3 cm³/mol. The molecule has 0 fully saturated rings. The van der Waals surface area contributed by atoms with Gasteiger partial charge in [-0.1, -0.05) is 18.2 Å². The molecule has 0 unspecified atom stereocenters. The van der Waals surface area contributed by atoms with E-state index < -0.39 is 0 Å². The molecule has 1 aliphatic rings. The van der Waals surface area contributed by atoms with Crippen molar-refractivity contribution in [3.05, 3.63) is 72.1 Å². The molecular formula is C20H18FN3O2. The Labute approximate surface area is 150 Å². The van der Waals surface area contributed by atoms with E-state index in [9.17, 15) is 9.18 Å². The molecule has 1 amide bonds. The highest BCUT2D eigenvalue weighted by molar-refractivity contribution is 5.92. The molecule has 0 saturated heterocycles. The number of amides is 1. The zero-order valence-corrected chi connectivity index (χ0v) is 14.3. The van der Waals surface area contributed by atoms with Gasteiger partial charge in [-0.2, -0.15) is 0 Å². The van der Waals surface area contributed by atoms with Crippen LogP contribution in [-0.2, 0) is 6.54 Å². The number of aromatic nitrogens is 2. The Hall–Kier alpha value is -3.15. The fourth-order valence-electron chi connectivity index (χ4n) is 3.13. The van der Waals surface area contributed by atoms with Crippen LogP contribution < -0.4 is 4.74 Å². The molecule has 1 N–H and O–H groups in total. The number of H-pyrrole nitrogens is 1. The summed E-state index contributed by atoms with van der Waals surface area (Å²) in [6, 6.07) is 12.1. The van der Waals surface area contributed by atoms with Gasteiger partial charge in [-0.05, 0) is 42.3 Å². The van der Waals surface area contributed by atoms with Crippen molar-refractivity contribution in [1.29, 1.82) is 0 Å². The van der Waals surface area contributed by atoms with E-state index >= 15 is 0 Å². The summed E-state index contributed by atoms with van der Waals surface area (Å²) in [5.41, 5.74) is 3.01. The highest BCUT2D eigenvalue weighted by Crippen LogP contribution is 2.31. The van der Waals surface area contributed by atoms with Gasteiger partial charge in [0.2, 0.25) is 0 Å². The van der Waals surface area contributed by atoms with Crippen molar-refractivity contribution in [2.75, 3.05) is 6.61 Å². The van der Waals surface area contributed by atoms with E-state index in [2.05, 4.69) is 9.97 Å². The van der Waals surface area contributed by atoms with Crippen LogP contribution in [0.2, 0.25) is 0 Å². The second kappa shape index (κ2) is 6.63. The topological polar surface area (TPSA) is 58.2 Å². The van der Waals surface area contributed by atoms with Crippen LogP contribution in [0, 0.1) is 5.82 Å². The Morgan fingerprint density at radius 3 is 2.88 bits per heavy atom. The van der Waals surface area contributed by atoms with E-state index in [1.807, 2.05) is 31.2 Å². The van der Waals surface area contributed by atoms with Crippen molar-refractivity contribution in [2.24, 2.45) is 0 Å². The molecule has 0 saturated carbocycles. The number of rotatable bonds is 2. The molecular weight excluding hydrogens is 333 g/mol. The van der Waals surface area contributed by atoms with Crippen molar-refractivity contribution in [3.63, 3.8) is 0 Å². The number of carbonyl (C=O) groups is 1. The van der Waals surface area contributed by atoms with Crippen molar-refractivity contribution in [1.82, 2.24) is 14.9 Å². The highest BCUT2D eigenvalue weighted by Gasteiger charge is 2.27. The molecule has 3 aromatic rings. The molecule has 0 bridgehead atoms. The molecule has 6 heteroatoms. The Bertz CT molecular complexity index is 940. The number of nitrogens with one attached hydrogen (secondary N) is 1. The molecule has 1 atom stereocenters. The molecule has 4 rings (SSSR count). The normalized spacial score (nSPS) is 16.5. The number of halogens is 1. The number of nitrogens with zero attached hydrogens (tertiary/aromatic N) is 2. The maximum Gasteiger partial charge on any atom is 0.272 e. The molecule has 2 aromatic carbocycles. The van der Waals surface area contributed by atoms with Crippen molar-refractivity contribution in [2.45, 2.75) is 19.5 Å². The summed E-state index contributed by atoms with van der Waals surface area (Å²) in [7, 11) is 0. The van der Waals surface area contributed by atoms with Crippen LogP contribution in [0.25, 0.3) is 11.1 Å². The van der Waals surface area contributed by atoms with E-state index in [1.54, 1.807) is 11.0 Å². The van der Waals surface area contributed by atoms with Gasteiger partial charge in [-0.3, -0.25) is 4.79 Å². The quantitative estimate of drug-likeness (QED) is 0.767. The van der Waals surface area contributed by atoms with Crippen molar-refractivity contribution in [3.8, 4) is 16.9 Å². The summed E-state index contributed by atoms with van der Waals surface area (Å²) in [5.74, 6) is 0.345. The lowest BCUT2D eigenvalue weighted by Gasteiger charge is -2.25. The van der Waals surface area contributed by atoms with Gasteiger partial charge < -0.3 is 14.6 Å². The molecule has 5 nitrogen and oxygen atoms in total. The Balaban J connectivity index is 1.69. The van der Waals surface area contributed by atoms with Gasteiger partial charge in [-0.25, -0.2) is 9.37 Å². The number of hydrogen-bond acceptors (Lipinski definition) is 3. The van der Waals surface area contributed by atoms with Gasteiger partial charge in [0.15, 0.2) is 0 Å². The van der Waals surface area contributed by atoms with Crippen LogP contribution in [0.5, 0.6) is 5.75 Å². The predicted octanol–water partition coefficient (Wildman–Crippen LogP) is 3.64. The number of benzene rings is 2. The van der Waals surface area contributed by atoms with E-state index in [1.165, 1.54) is 24.7 Å². The Kier molecular flexibility index (Phi) is 4.16. The number of hydrogen-bond donors (Lipinski definition) is 1. The largest absolute Gasteiger partial charge is 0.491 e. The van der Waals surface area contributed by atoms with Crippen LogP contribution >= 0.6 is 0 Å². The summed E-state index contributed by atoms with van der Waals surface area (Å²) >= 11 is 0. The second-order valence-electron chi connectivity index (χ2n) is 6.39. The maximum absolute atomic E-state index is 13.5. The van der Waals surface area contributed by atoms with E-state index in [4.69, 9.17) is 4.74 Å². The third-order valence-electron chi connectivity index (χ3n) is 4.56. The molecule has 132 valence electrons. The van der Waals surface area contributed by atoms with Crippen molar-refractivity contribution < 1.29 is 13.9 Å². The monoisotopic (exact) mass is 351 g/mol. The van der Waals surface area contributed by atoms with Crippen LogP contribution in [0.15, 0.2) is 55.0 Å². The summed E-state index contributed by atoms with van der Waals surface area (Å²) < 4.78 is 19.4. The first-order valence-corrected chi connectivity index (χ1v) is 8.43. The van der Waals surface area contributed by atoms with E-state index in [-0.39, 0.29) is 17.8 Å². The van der Waals surface area contributed by atoms with Crippen LogP contribution in [0.3, 0.4) is 0 Å². The lowest BCUT2D eigenvalue weighted by molar-refractivity contribution is 0.0640. The Morgan fingerprint density at radius 2 is 2.12 bits per heavy atom. The number of imidazole rings is 1. The van der Waals surface area contributed by atoms with Crippen LogP contribution in [-0.4, -0.2) is 33.4 Å². The lowest BCUT2D eigenvalue weighted by atomic mass is 10.0. The minimum atomic E-state index is -0.279. The van der Waals surface area contributed by atoms with Crippen LogP contribution in [0.4, 0.5) is 4.39 Å². The average molecular weight is 351 g/mol. The molecule has 0 spiro atoms. The minimum absolute atomic E-state index is 0.0872.